The molecular formula is C14H16ClNS. The molecule has 1 N–H and O–H groups in total. The summed E-state index contributed by atoms with van der Waals surface area (Å²) in [6, 6.07) is 10.3. The molecule has 1 aromatic heterocycles. The van der Waals surface area contributed by atoms with Crippen molar-refractivity contribution in [2.24, 2.45) is 0 Å². The fourth-order valence-corrected chi connectivity index (χ4v) is 2.71. The zero-order valence-corrected chi connectivity index (χ0v) is 11.4. The predicted molar refractivity (Wildman–Crippen MR) is 76.8 cm³/mol. The van der Waals surface area contributed by atoms with Crippen molar-refractivity contribution in [3.63, 3.8) is 0 Å². The third-order valence-electron chi connectivity index (χ3n) is 2.60. The van der Waals surface area contributed by atoms with Crippen molar-refractivity contribution in [3.8, 4) is 10.4 Å². The number of benzene rings is 1. The molecule has 0 amide bonds. The molecular weight excluding hydrogens is 250 g/mol. The summed E-state index contributed by atoms with van der Waals surface area (Å²) in [6.45, 7) is 4.12. The molecule has 0 aliphatic rings. The van der Waals surface area contributed by atoms with Crippen LogP contribution in [0.4, 0.5) is 0 Å². The Kier molecular flexibility index (Phi) is 4.60. The summed E-state index contributed by atoms with van der Waals surface area (Å²) in [5, 5.41) is 6.33. The van der Waals surface area contributed by atoms with Crippen LogP contribution in [-0.2, 0) is 6.54 Å². The first-order valence-electron chi connectivity index (χ1n) is 5.84. The average Bonchev–Trinajstić information content (AvgIpc) is 2.85. The molecule has 1 heterocycles. The van der Waals surface area contributed by atoms with Crippen LogP contribution < -0.4 is 5.32 Å². The van der Waals surface area contributed by atoms with Gasteiger partial charge < -0.3 is 5.32 Å². The molecule has 0 saturated carbocycles. The molecule has 1 aromatic carbocycles. The summed E-state index contributed by atoms with van der Waals surface area (Å²) in [6.07, 6.45) is 1.15. The van der Waals surface area contributed by atoms with Gasteiger partial charge in [0.25, 0.3) is 0 Å². The second-order valence-corrected chi connectivity index (χ2v) is 5.34. The van der Waals surface area contributed by atoms with Crippen LogP contribution in [0.3, 0.4) is 0 Å². The van der Waals surface area contributed by atoms with E-state index in [0.29, 0.717) is 0 Å². The van der Waals surface area contributed by atoms with E-state index in [9.17, 15) is 0 Å². The van der Waals surface area contributed by atoms with Gasteiger partial charge in [-0.15, -0.1) is 11.3 Å². The van der Waals surface area contributed by atoms with Crippen LogP contribution in [0, 0.1) is 0 Å². The van der Waals surface area contributed by atoms with E-state index in [-0.39, 0.29) is 0 Å². The largest absolute Gasteiger partial charge is 0.313 e. The summed E-state index contributed by atoms with van der Waals surface area (Å²) >= 11 is 7.83. The number of halogens is 1. The highest BCUT2D eigenvalue weighted by molar-refractivity contribution is 7.13. The maximum absolute atomic E-state index is 6.08. The molecule has 3 heteroatoms. The third kappa shape index (κ3) is 3.32. The topological polar surface area (TPSA) is 12.0 Å². The molecule has 17 heavy (non-hydrogen) atoms. The van der Waals surface area contributed by atoms with Gasteiger partial charge in [-0.2, -0.15) is 0 Å². The first-order valence-corrected chi connectivity index (χ1v) is 7.10. The van der Waals surface area contributed by atoms with E-state index in [1.165, 1.54) is 16.0 Å². The van der Waals surface area contributed by atoms with Crippen molar-refractivity contribution in [1.29, 1.82) is 0 Å². The van der Waals surface area contributed by atoms with Crippen LogP contribution >= 0.6 is 22.9 Å². The van der Waals surface area contributed by atoms with Gasteiger partial charge in [0.15, 0.2) is 0 Å². The number of rotatable bonds is 5. The van der Waals surface area contributed by atoms with Crippen molar-refractivity contribution in [2.75, 3.05) is 6.54 Å². The fraction of sp³-hybridized carbons (Fsp3) is 0.286. The number of hydrogen-bond acceptors (Lipinski definition) is 2. The maximum atomic E-state index is 6.08. The number of thiophene rings is 1. The predicted octanol–water partition coefficient (Wildman–Crippen LogP) is 4.57. The zero-order valence-electron chi connectivity index (χ0n) is 9.87. The van der Waals surface area contributed by atoms with Crippen molar-refractivity contribution >= 4 is 22.9 Å². The highest BCUT2D eigenvalue weighted by Crippen LogP contribution is 2.30. The second kappa shape index (κ2) is 6.20. The molecule has 0 atom stereocenters. The molecule has 2 rings (SSSR count). The van der Waals surface area contributed by atoms with Crippen molar-refractivity contribution in [1.82, 2.24) is 5.32 Å². The quantitative estimate of drug-likeness (QED) is 0.781. The third-order valence-corrected chi connectivity index (χ3v) is 3.74. The Morgan fingerprint density at radius 1 is 1.29 bits per heavy atom. The highest BCUT2D eigenvalue weighted by atomic mass is 35.5. The Balaban J connectivity index is 2.25. The minimum Gasteiger partial charge on any atom is -0.313 e. The van der Waals surface area contributed by atoms with Gasteiger partial charge in [0, 0.05) is 16.4 Å². The lowest BCUT2D eigenvalue weighted by molar-refractivity contribution is 0.676. The average molecular weight is 266 g/mol. The number of hydrogen-bond donors (Lipinski definition) is 1. The molecule has 0 unspecified atom stereocenters. The molecule has 0 saturated heterocycles. The minimum atomic E-state index is 0.799. The van der Waals surface area contributed by atoms with Crippen LogP contribution in [-0.4, -0.2) is 6.54 Å². The summed E-state index contributed by atoms with van der Waals surface area (Å²) in [5.41, 5.74) is 2.56. The van der Waals surface area contributed by atoms with Gasteiger partial charge in [-0.1, -0.05) is 30.7 Å². The van der Waals surface area contributed by atoms with E-state index < -0.39 is 0 Å². The SMILES string of the molecule is CCCNCc1ccc(Cl)cc1-c1cccs1. The normalized spacial score (nSPS) is 10.7. The summed E-state index contributed by atoms with van der Waals surface area (Å²) < 4.78 is 0. The van der Waals surface area contributed by atoms with E-state index in [0.717, 1.165) is 24.5 Å². The molecule has 0 fully saturated rings. The monoisotopic (exact) mass is 265 g/mol. The van der Waals surface area contributed by atoms with Gasteiger partial charge >= 0.3 is 0 Å². The number of nitrogens with one attached hydrogen (secondary N) is 1. The summed E-state index contributed by atoms with van der Waals surface area (Å²) in [4.78, 5) is 1.28. The van der Waals surface area contributed by atoms with Gasteiger partial charge in [-0.05, 0) is 47.7 Å². The second-order valence-electron chi connectivity index (χ2n) is 3.96. The van der Waals surface area contributed by atoms with Crippen LogP contribution in [0.15, 0.2) is 35.7 Å². The van der Waals surface area contributed by atoms with E-state index in [1.54, 1.807) is 11.3 Å². The van der Waals surface area contributed by atoms with Crippen LogP contribution in [0.2, 0.25) is 5.02 Å². The first kappa shape index (κ1) is 12.6. The van der Waals surface area contributed by atoms with Crippen molar-refractivity contribution in [3.05, 3.63) is 46.3 Å². The van der Waals surface area contributed by atoms with Gasteiger partial charge in [0.2, 0.25) is 0 Å². The van der Waals surface area contributed by atoms with Crippen molar-refractivity contribution < 1.29 is 0 Å². The zero-order chi connectivity index (χ0) is 12.1. The molecule has 0 radical (unpaired) electrons. The summed E-state index contributed by atoms with van der Waals surface area (Å²) in [5.74, 6) is 0. The van der Waals surface area contributed by atoms with Crippen LogP contribution in [0.1, 0.15) is 18.9 Å². The minimum absolute atomic E-state index is 0.799. The Morgan fingerprint density at radius 3 is 2.88 bits per heavy atom. The fourth-order valence-electron chi connectivity index (χ4n) is 1.76. The van der Waals surface area contributed by atoms with E-state index in [2.05, 4.69) is 41.9 Å². The smallest absolute Gasteiger partial charge is 0.0412 e. The van der Waals surface area contributed by atoms with Crippen LogP contribution in [0.5, 0.6) is 0 Å². The Morgan fingerprint density at radius 2 is 2.18 bits per heavy atom. The maximum Gasteiger partial charge on any atom is 0.0412 e. The first-order chi connectivity index (χ1) is 8.31. The Bertz CT molecular complexity index is 465. The van der Waals surface area contributed by atoms with E-state index in [1.807, 2.05) is 6.07 Å². The van der Waals surface area contributed by atoms with E-state index in [4.69, 9.17) is 11.6 Å². The standard InChI is InChI=1S/C14H16ClNS/c1-2-7-16-10-11-5-6-12(15)9-13(11)14-4-3-8-17-14/h3-6,8-9,16H,2,7,10H2,1H3. The lowest BCUT2D eigenvalue weighted by Crippen LogP contribution is -2.14. The molecule has 0 bridgehead atoms. The Labute approximate surface area is 111 Å². The molecule has 0 aliphatic carbocycles. The molecule has 0 spiro atoms. The lowest BCUT2D eigenvalue weighted by atomic mass is 10.1. The highest BCUT2D eigenvalue weighted by Gasteiger charge is 2.06. The molecule has 0 aliphatic heterocycles. The Hall–Kier alpha value is -0.830. The van der Waals surface area contributed by atoms with Gasteiger partial charge in [0.05, 0.1) is 0 Å². The molecule has 90 valence electrons. The van der Waals surface area contributed by atoms with Crippen LogP contribution in [0.25, 0.3) is 10.4 Å². The lowest BCUT2D eigenvalue weighted by Gasteiger charge is -2.09. The van der Waals surface area contributed by atoms with Crippen molar-refractivity contribution in [2.45, 2.75) is 19.9 Å². The molecule has 2 aromatic rings. The van der Waals surface area contributed by atoms with Gasteiger partial charge in [-0.3, -0.25) is 0 Å². The molecule has 1 nitrogen and oxygen atoms in total. The van der Waals surface area contributed by atoms with E-state index >= 15 is 0 Å². The summed E-state index contributed by atoms with van der Waals surface area (Å²) in [7, 11) is 0. The van der Waals surface area contributed by atoms with Gasteiger partial charge in [0.1, 0.15) is 0 Å². The van der Waals surface area contributed by atoms with Gasteiger partial charge in [-0.25, -0.2) is 0 Å².